The van der Waals surface area contributed by atoms with E-state index < -0.39 is 0 Å². The molecule has 5 nitrogen and oxygen atoms in total. The van der Waals surface area contributed by atoms with Gasteiger partial charge in [0.1, 0.15) is 12.4 Å². The van der Waals surface area contributed by atoms with Crippen LogP contribution < -0.4 is 4.90 Å². The maximum Gasteiger partial charge on any atom is 0.203 e. The van der Waals surface area contributed by atoms with Crippen LogP contribution in [0.5, 0.6) is 0 Å². The fourth-order valence-electron chi connectivity index (χ4n) is 3.77. The molecule has 2 heterocycles. The Labute approximate surface area is 175 Å². The second-order valence-electron chi connectivity index (χ2n) is 7.64. The van der Waals surface area contributed by atoms with E-state index in [1.165, 1.54) is 22.6 Å². The predicted molar refractivity (Wildman–Crippen MR) is 112 cm³/mol. The molecule has 1 unspecified atom stereocenters. The molecular weight excluding hydrogens is 387 g/mol. The lowest BCUT2D eigenvalue weighted by Gasteiger charge is -2.14. The van der Waals surface area contributed by atoms with Gasteiger partial charge in [0, 0.05) is 17.7 Å². The Morgan fingerprint density at radius 3 is 2.62 bits per heavy atom. The maximum atomic E-state index is 13.4. The molecule has 1 N–H and O–H groups in total. The Balaban J connectivity index is 1.61. The van der Waals surface area contributed by atoms with Gasteiger partial charge < -0.3 is 9.64 Å². The molecule has 1 aliphatic heterocycles. The van der Waals surface area contributed by atoms with Gasteiger partial charge in [0.15, 0.2) is 12.5 Å². The number of nitrogens with zero attached hydrogens (tertiary/aromatic N) is 3. The van der Waals surface area contributed by atoms with E-state index in [1.54, 1.807) is 12.1 Å². The number of hydrogen-bond donors (Lipinski definition) is 1. The highest BCUT2D eigenvalue weighted by Crippen LogP contribution is 2.22. The number of benzene rings is 2. The molecule has 0 radical (unpaired) electrons. The van der Waals surface area contributed by atoms with Crippen LogP contribution in [0.3, 0.4) is 0 Å². The van der Waals surface area contributed by atoms with Gasteiger partial charge in [-0.25, -0.2) is 4.39 Å². The minimum atomic E-state index is -0.260. The Morgan fingerprint density at radius 1 is 1.17 bits per heavy atom. The summed E-state index contributed by atoms with van der Waals surface area (Å²) >= 11 is 5.78. The van der Waals surface area contributed by atoms with E-state index in [-0.39, 0.29) is 11.9 Å². The van der Waals surface area contributed by atoms with E-state index >= 15 is 0 Å². The number of nitrogens with one attached hydrogen (secondary N) is 1. The first-order chi connectivity index (χ1) is 14.1. The highest BCUT2D eigenvalue weighted by Gasteiger charge is 2.21. The standard InChI is InChI=1S/C22H25FN4OS/c1-25(14-17-6-3-2-4-7-17)16-27-22(29)26(15-20-8-5-13-28-20)21(24-27)18-9-11-19(23)12-10-18/h2-4,6-7,9-12,20H,5,8,13-16H2,1H3/p+1/t20-/m1/s1. The van der Waals surface area contributed by atoms with E-state index in [2.05, 4.69) is 31.3 Å². The summed E-state index contributed by atoms with van der Waals surface area (Å²) in [5.41, 5.74) is 2.13. The van der Waals surface area contributed by atoms with Gasteiger partial charge in [-0.15, -0.1) is 5.10 Å². The van der Waals surface area contributed by atoms with Crippen LogP contribution >= 0.6 is 12.2 Å². The lowest BCUT2D eigenvalue weighted by Crippen LogP contribution is -3.07. The first kappa shape index (κ1) is 19.9. The fourth-order valence-corrected chi connectivity index (χ4v) is 4.04. The van der Waals surface area contributed by atoms with E-state index in [4.69, 9.17) is 22.1 Å². The van der Waals surface area contributed by atoms with Crippen molar-refractivity contribution in [1.82, 2.24) is 14.3 Å². The molecule has 0 amide bonds. The summed E-state index contributed by atoms with van der Waals surface area (Å²) in [5.74, 6) is 0.502. The van der Waals surface area contributed by atoms with E-state index in [0.29, 0.717) is 18.0 Å². The second kappa shape index (κ2) is 8.98. The van der Waals surface area contributed by atoms with Crippen molar-refractivity contribution in [2.45, 2.75) is 38.7 Å². The predicted octanol–water partition coefficient (Wildman–Crippen LogP) is 3.07. The van der Waals surface area contributed by atoms with Crippen LogP contribution in [0, 0.1) is 10.6 Å². The minimum absolute atomic E-state index is 0.146. The molecule has 1 fully saturated rings. The molecule has 3 aromatic rings. The monoisotopic (exact) mass is 413 g/mol. The third-order valence-corrected chi connectivity index (χ3v) is 5.63. The number of hydrogen-bond acceptors (Lipinski definition) is 3. The zero-order valence-electron chi connectivity index (χ0n) is 16.6. The van der Waals surface area contributed by atoms with Crippen molar-refractivity contribution in [1.29, 1.82) is 0 Å². The molecule has 0 bridgehead atoms. The van der Waals surface area contributed by atoms with Gasteiger partial charge in [-0.2, -0.15) is 4.68 Å². The molecule has 4 rings (SSSR count). The highest BCUT2D eigenvalue weighted by atomic mass is 32.1. The van der Waals surface area contributed by atoms with Gasteiger partial charge in [0.05, 0.1) is 19.7 Å². The van der Waals surface area contributed by atoms with Crippen molar-refractivity contribution in [2.75, 3.05) is 13.7 Å². The summed E-state index contributed by atoms with van der Waals surface area (Å²) in [4.78, 5) is 1.28. The van der Waals surface area contributed by atoms with Crippen LogP contribution in [0.1, 0.15) is 18.4 Å². The van der Waals surface area contributed by atoms with Crippen LogP contribution in [0.4, 0.5) is 4.39 Å². The Morgan fingerprint density at radius 2 is 1.93 bits per heavy atom. The summed E-state index contributed by atoms with van der Waals surface area (Å²) < 4.78 is 23.8. The molecule has 29 heavy (non-hydrogen) atoms. The molecule has 0 saturated carbocycles. The van der Waals surface area contributed by atoms with Crippen molar-refractivity contribution in [2.24, 2.45) is 0 Å². The molecule has 152 valence electrons. The smallest absolute Gasteiger partial charge is 0.203 e. The quantitative estimate of drug-likeness (QED) is 0.605. The fraction of sp³-hybridized carbons (Fsp3) is 0.364. The van der Waals surface area contributed by atoms with Gasteiger partial charge in [-0.1, -0.05) is 30.3 Å². The Bertz CT molecular complexity index is 994. The summed E-state index contributed by atoms with van der Waals surface area (Å²) in [6.07, 6.45) is 2.24. The molecule has 2 aromatic carbocycles. The number of quaternary nitrogens is 1. The number of aromatic nitrogens is 3. The normalized spacial score (nSPS) is 17.5. The molecule has 7 heteroatoms. The summed E-state index contributed by atoms with van der Waals surface area (Å²) in [5, 5.41) is 4.81. The molecule has 1 saturated heterocycles. The Hall–Kier alpha value is -2.35. The van der Waals surface area contributed by atoms with Crippen molar-refractivity contribution in [3.8, 4) is 11.4 Å². The van der Waals surface area contributed by atoms with Crippen LogP contribution in [0.2, 0.25) is 0 Å². The van der Waals surface area contributed by atoms with Crippen molar-refractivity contribution < 1.29 is 14.0 Å². The first-order valence-electron chi connectivity index (χ1n) is 10.0. The number of ether oxygens (including phenoxy) is 1. The molecular formula is C22H26FN4OS+. The van der Waals surface area contributed by atoms with Crippen molar-refractivity contribution in [3.63, 3.8) is 0 Å². The molecule has 0 spiro atoms. The van der Waals surface area contributed by atoms with E-state index in [1.807, 2.05) is 15.3 Å². The van der Waals surface area contributed by atoms with E-state index in [9.17, 15) is 4.39 Å². The maximum absolute atomic E-state index is 13.4. The van der Waals surface area contributed by atoms with Gasteiger partial charge in [-0.3, -0.25) is 4.57 Å². The van der Waals surface area contributed by atoms with Crippen LogP contribution in [0.25, 0.3) is 11.4 Å². The average Bonchev–Trinajstić information content (AvgIpc) is 3.33. The van der Waals surface area contributed by atoms with Crippen LogP contribution in [-0.4, -0.2) is 34.1 Å². The lowest BCUT2D eigenvalue weighted by molar-refractivity contribution is -0.917. The molecule has 0 aliphatic carbocycles. The molecule has 1 aliphatic rings. The van der Waals surface area contributed by atoms with E-state index in [0.717, 1.165) is 37.4 Å². The van der Waals surface area contributed by atoms with Crippen LogP contribution in [-0.2, 0) is 24.5 Å². The van der Waals surface area contributed by atoms with Gasteiger partial charge in [-0.05, 0) is 49.3 Å². The highest BCUT2D eigenvalue weighted by molar-refractivity contribution is 7.71. The van der Waals surface area contributed by atoms with Crippen molar-refractivity contribution in [3.05, 3.63) is 70.7 Å². The third-order valence-electron chi connectivity index (χ3n) is 5.20. The molecule has 2 atom stereocenters. The number of rotatable bonds is 7. The third kappa shape index (κ3) is 4.80. The van der Waals surface area contributed by atoms with Gasteiger partial charge in [0.25, 0.3) is 0 Å². The summed E-state index contributed by atoms with van der Waals surface area (Å²) in [7, 11) is 2.13. The lowest BCUT2D eigenvalue weighted by atomic mass is 10.2. The zero-order chi connectivity index (χ0) is 20.2. The summed E-state index contributed by atoms with van der Waals surface area (Å²) in [6.45, 7) is 3.00. The summed E-state index contributed by atoms with van der Waals surface area (Å²) in [6, 6.07) is 16.8. The SMILES string of the molecule is C[NH+](Cc1ccccc1)Cn1nc(-c2ccc(F)cc2)n(C[C@H]2CCCO2)c1=S. The van der Waals surface area contributed by atoms with Crippen LogP contribution in [0.15, 0.2) is 54.6 Å². The first-order valence-corrected chi connectivity index (χ1v) is 10.4. The largest absolute Gasteiger partial charge is 0.376 e. The zero-order valence-corrected chi connectivity index (χ0v) is 17.4. The molecule has 1 aromatic heterocycles. The average molecular weight is 414 g/mol. The van der Waals surface area contributed by atoms with Crippen molar-refractivity contribution >= 4 is 12.2 Å². The number of halogens is 1. The Kier molecular flexibility index (Phi) is 6.18. The van der Waals surface area contributed by atoms with Gasteiger partial charge >= 0.3 is 0 Å². The minimum Gasteiger partial charge on any atom is -0.376 e. The van der Waals surface area contributed by atoms with Gasteiger partial charge in [0.2, 0.25) is 4.77 Å². The topological polar surface area (TPSA) is 36.4 Å². The second-order valence-corrected chi connectivity index (χ2v) is 8.00.